The van der Waals surface area contributed by atoms with E-state index in [4.69, 9.17) is 11.6 Å². The first-order valence-electron chi connectivity index (χ1n) is 7.76. The lowest BCUT2D eigenvalue weighted by atomic mass is 9.85. The summed E-state index contributed by atoms with van der Waals surface area (Å²) in [6.45, 7) is 4.25. The van der Waals surface area contributed by atoms with Gasteiger partial charge in [0.2, 0.25) is 5.91 Å². The summed E-state index contributed by atoms with van der Waals surface area (Å²) in [5.74, 6) is -0.0699. The van der Waals surface area contributed by atoms with Crippen molar-refractivity contribution >= 4 is 29.1 Å². The molecule has 24 heavy (non-hydrogen) atoms. The first kappa shape index (κ1) is 16.5. The van der Waals surface area contributed by atoms with Crippen LogP contribution < -0.4 is 10.2 Å². The van der Waals surface area contributed by atoms with E-state index in [2.05, 4.69) is 5.32 Å². The quantitative estimate of drug-likeness (QED) is 0.927. The zero-order valence-electron chi connectivity index (χ0n) is 13.9. The van der Waals surface area contributed by atoms with Crippen LogP contribution in [0.15, 0.2) is 42.5 Å². The monoisotopic (exact) mass is 342 g/mol. The molecule has 2 aromatic rings. The van der Waals surface area contributed by atoms with Crippen LogP contribution in [0.4, 0.5) is 5.69 Å². The lowest BCUT2D eigenvalue weighted by Crippen LogP contribution is -2.33. The number of carbonyl (C=O) groups is 2. The molecule has 3 rings (SSSR count). The SMILES string of the molecule is CN1C(=O)C(C)(C)c2cc(CNC(=O)c3ccc(Cl)cc3)ccc21. The second kappa shape index (κ2) is 5.95. The Morgan fingerprint density at radius 3 is 2.50 bits per heavy atom. The van der Waals surface area contributed by atoms with Gasteiger partial charge in [-0.2, -0.15) is 0 Å². The molecule has 0 spiro atoms. The van der Waals surface area contributed by atoms with Crippen molar-refractivity contribution < 1.29 is 9.59 Å². The third kappa shape index (κ3) is 2.78. The predicted octanol–water partition coefficient (Wildman–Crippen LogP) is 3.52. The smallest absolute Gasteiger partial charge is 0.251 e. The number of amides is 2. The molecule has 0 aliphatic carbocycles. The van der Waals surface area contributed by atoms with Gasteiger partial charge in [0.15, 0.2) is 0 Å². The molecule has 0 bridgehead atoms. The highest BCUT2D eigenvalue weighted by atomic mass is 35.5. The van der Waals surface area contributed by atoms with Gasteiger partial charge in [-0.15, -0.1) is 0 Å². The second-order valence-electron chi connectivity index (χ2n) is 6.53. The fourth-order valence-electron chi connectivity index (χ4n) is 3.02. The van der Waals surface area contributed by atoms with Crippen LogP contribution in [-0.4, -0.2) is 18.9 Å². The Morgan fingerprint density at radius 2 is 1.83 bits per heavy atom. The van der Waals surface area contributed by atoms with Crippen LogP contribution in [-0.2, 0) is 16.8 Å². The molecule has 0 unspecified atom stereocenters. The summed E-state index contributed by atoms with van der Waals surface area (Å²) >= 11 is 5.83. The maximum atomic E-state index is 12.3. The molecule has 0 radical (unpaired) electrons. The average Bonchev–Trinajstić information content (AvgIpc) is 2.74. The highest BCUT2D eigenvalue weighted by Crippen LogP contribution is 2.40. The van der Waals surface area contributed by atoms with Crippen molar-refractivity contribution in [2.24, 2.45) is 0 Å². The van der Waals surface area contributed by atoms with E-state index in [0.717, 1.165) is 16.8 Å². The molecule has 0 aromatic heterocycles. The number of carbonyl (C=O) groups excluding carboxylic acids is 2. The number of benzene rings is 2. The average molecular weight is 343 g/mol. The number of hydrogen-bond acceptors (Lipinski definition) is 2. The highest BCUT2D eigenvalue weighted by molar-refractivity contribution is 6.30. The number of hydrogen-bond donors (Lipinski definition) is 1. The molecule has 1 N–H and O–H groups in total. The van der Waals surface area contributed by atoms with Gasteiger partial charge in [-0.3, -0.25) is 9.59 Å². The van der Waals surface area contributed by atoms with E-state index in [-0.39, 0.29) is 11.8 Å². The standard InChI is InChI=1S/C19H19ClN2O2/c1-19(2)15-10-12(4-9-16(15)22(3)18(19)24)11-21-17(23)13-5-7-14(20)8-6-13/h4-10H,11H2,1-3H3,(H,21,23). The Balaban J connectivity index is 1.76. The van der Waals surface area contributed by atoms with Crippen LogP contribution in [0.2, 0.25) is 5.02 Å². The molecule has 1 aliphatic heterocycles. The Bertz CT molecular complexity index is 813. The molecule has 124 valence electrons. The van der Waals surface area contributed by atoms with Crippen molar-refractivity contribution in [3.05, 3.63) is 64.2 Å². The van der Waals surface area contributed by atoms with Crippen LogP contribution in [0.1, 0.15) is 35.3 Å². The summed E-state index contributed by atoms with van der Waals surface area (Å²) < 4.78 is 0. The van der Waals surface area contributed by atoms with Gasteiger partial charge in [0, 0.05) is 29.9 Å². The van der Waals surface area contributed by atoms with Crippen LogP contribution in [0.3, 0.4) is 0 Å². The molecule has 2 amide bonds. The minimum absolute atomic E-state index is 0.0832. The Labute approximate surface area is 146 Å². The molecular weight excluding hydrogens is 324 g/mol. The largest absolute Gasteiger partial charge is 0.348 e. The van der Waals surface area contributed by atoms with Gasteiger partial charge in [-0.1, -0.05) is 23.7 Å². The van der Waals surface area contributed by atoms with Gasteiger partial charge in [0.05, 0.1) is 5.41 Å². The van der Waals surface area contributed by atoms with Gasteiger partial charge in [0.1, 0.15) is 0 Å². The molecule has 5 heteroatoms. The van der Waals surface area contributed by atoms with E-state index in [1.54, 1.807) is 36.2 Å². The summed E-state index contributed by atoms with van der Waals surface area (Å²) in [5.41, 5.74) is 2.91. The van der Waals surface area contributed by atoms with Gasteiger partial charge in [0.25, 0.3) is 5.91 Å². The number of rotatable bonds is 3. The summed E-state index contributed by atoms with van der Waals surface area (Å²) in [4.78, 5) is 26.2. The zero-order chi connectivity index (χ0) is 17.5. The number of fused-ring (bicyclic) bond motifs is 1. The van der Waals surface area contributed by atoms with Crippen molar-refractivity contribution in [3.8, 4) is 0 Å². The van der Waals surface area contributed by atoms with Crippen molar-refractivity contribution in [1.82, 2.24) is 5.32 Å². The maximum absolute atomic E-state index is 12.3. The first-order valence-corrected chi connectivity index (χ1v) is 8.14. The molecule has 1 aliphatic rings. The van der Waals surface area contributed by atoms with Crippen LogP contribution >= 0.6 is 11.6 Å². The minimum Gasteiger partial charge on any atom is -0.348 e. The van der Waals surface area contributed by atoms with Gasteiger partial charge >= 0.3 is 0 Å². The maximum Gasteiger partial charge on any atom is 0.251 e. The molecule has 1 heterocycles. The Hall–Kier alpha value is -2.33. The molecule has 0 atom stereocenters. The van der Waals surface area contributed by atoms with Crippen molar-refractivity contribution in [3.63, 3.8) is 0 Å². The molecule has 0 fully saturated rings. The summed E-state index contributed by atoms with van der Waals surface area (Å²) in [7, 11) is 1.79. The van der Waals surface area contributed by atoms with Gasteiger partial charge < -0.3 is 10.2 Å². The van der Waals surface area contributed by atoms with Crippen LogP contribution in [0, 0.1) is 0 Å². The summed E-state index contributed by atoms with van der Waals surface area (Å²) in [6, 6.07) is 12.6. The lowest BCUT2D eigenvalue weighted by molar-refractivity contribution is -0.121. The van der Waals surface area contributed by atoms with E-state index in [0.29, 0.717) is 17.1 Å². The van der Waals surface area contributed by atoms with E-state index < -0.39 is 5.41 Å². The van der Waals surface area contributed by atoms with E-state index in [1.165, 1.54) is 0 Å². The van der Waals surface area contributed by atoms with Crippen molar-refractivity contribution in [1.29, 1.82) is 0 Å². The fourth-order valence-corrected chi connectivity index (χ4v) is 3.14. The number of anilines is 1. The predicted molar refractivity (Wildman–Crippen MR) is 95.5 cm³/mol. The number of nitrogens with one attached hydrogen (secondary N) is 1. The van der Waals surface area contributed by atoms with E-state index in [9.17, 15) is 9.59 Å². The molecule has 4 nitrogen and oxygen atoms in total. The number of nitrogens with zero attached hydrogens (tertiary/aromatic N) is 1. The summed E-state index contributed by atoms with van der Waals surface area (Å²) in [6.07, 6.45) is 0. The lowest BCUT2D eigenvalue weighted by Gasteiger charge is -2.16. The summed E-state index contributed by atoms with van der Waals surface area (Å²) in [5, 5.41) is 3.49. The molecule has 0 saturated carbocycles. The van der Waals surface area contributed by atoms with E-state index >= 15 is 0 Å². The first-order chi connectivity index (χ1) is 11.3. The Morgan fingerprint density at radius 1 is 1.17 bits per heavy atom. The second-order valence-corrected chi connectivity index (χ2v) is 6.97. The minimum atomic E-state index is -0.541. The third-order valence-corrected chi connectivity index (χ3v) is 4.75. The van der Waals surface area contributed by atoms with Crippen molar-refractivity contribution in [2.45, 2.75) is 25.8 Å². The van der Waals surface area contributed by atoms with E-state index in [1.807, 2.05) is 32.0 Å². The van der Waals surface area contributed by atoms with Crippen LogP contribution in [0.25, 0.3) is 0 Å². The van der Waals surface area contributed by atoms with Gasteiger partial charge in [-0.05, 0) is 55.3 Å². The van der Waals surface area contributed by atoms with Gasteiger partial charge in [-0.25, -0.2) is 0 Å². The normalized spacial score (nSPS) is 15.3. The Kier molecular flexibility index (Phi) is 4.10. The van der Waals surface area contributed by atoms with Crippen molar-refractivity contribution in [2.75, 3.05) is 11.9 Å². The zero-order valence-corrected chi connectivity index (χ0v) is 14.6. The highest BCUT2D eigenvalue weighted by Gasteiger charge is 2.42. The number of likely N-dealkylation sites (N-methyl/N-ethyl adjacent to an activating group) is 1. The molecular formula is C19H19ClN2O2. The molecule has 0 saturated heterocycles. The topological polar surface area (TPSA) is 49.4 Å². The third-order valence-electron chi connectivity index (χ3n) is 4.49. The van der Waals surface area contributed by atoms with Crippen LogP contribution in [0.5, 0.6) is 0 Å². The number of halogens is 1. The fraction of sp³-hybridized carbons (Fsp3) is 0.263. The molecule has 2 aromatic carbocycles.